The molecule has 2 fully saturated rings. The first kappa shape index (κ1) is 27.4. The Labute approximate surface area is 222 Å². The number of hydrogen-bond donors (Lipinski definition) is 2. The third kappa shape index (κ3) is 5.35. The standard InChI is InChI=1S/C27H33BClNO7/c1-4-6-15(11-17-8-9-18(31)13-21(17)29)7-10-22-23-16(5-2)12-19-24(20(23)14-28(35)37-22)26(33)30(25(19)32)27(34)36-3/h8-9,11,13,19-20,22,24,31,35H,4-7,10,12,14H2,1-3H3/b15-11+/t19-,20+,22-,24-/m1/s1. The lowest BCUT2D eigenvalue weighted by Gasteiger charge is -2.43. The van der Waals surface area contributed by atoms with E-state index in [9.17, 15) is 24.5 Å². The number of imide groups is 3. The van der Waals surface area contributed by atoms with Crippen molar-refractivity contribution in [3.8, 4) is 5.75 Å². The van der Waals surface area contributed by atoms with Gasteiger partial charge in [-0.15, -0.1) is 0 Å². The monoisotopic (exact) mass is 529 g/mol. The summed E-state index contributed by atoms with van der Waals surface area (Å²) in [7, 11) is 0.0725. The summed E-state index contributed by atoms with van der Waals surface area (Å²) in [5.74, 6) is -2.69. The van der Waals surface area contributed by atoms with Crippen molar-refractivity contribution in [3.63, 3.8) is 0 Å². The summed E-state index contributed by atoms with van der Waals surface area (Å²) >= 11 is 6.33. The van der Waals surface area contributed by atoms with Crippen LogP contribution in [-0.4, -0.2) is 53.3 Å². The number of carbonyl (C=O) groups excluding carboxylic acids is 3. The molecule has 0 aromatic heterocycles. The number of carbonyl (C=O) groups is 3. The molecule has 2 N–H and O–H groups in total. The summed E-state index contributed by atoms with van der Waals surface area (Å²) in [6, 6.07) is 4.89. The van der Waals surface area contributed by atoms with E-state index in [0.29, 0.717) is 35.6 Å². The molecule has 3 aliphatic rings. The van der Waals surface area contributed by atoms with Crippen LogP contribution in [-0.2, 0) is 19.0 Å². The molecular weight excluding hydrogens is 497 g/mol. The maximum absolute atomic E-state index is 13.2. The third-order valence-corrected chi connectivity index (χ3v) is 8.06. The Kier molecular flexibility index (Phi) is 8.46. The molecular formula is C27H33BClNO7. The number of aromatic hydroxyl groups is 1. The maximum Gasteiger partial charge on any atom is 0.455 e. The first-order chi connectivity index (χ1) is 17.7. The minimum Gasteiger partial charge on any atom is -0.508 e. The fourth-order valence-electron chi connectivity index (χ4n) is 6.13. The summed E-state index contributed by atoms with van der Waals surface area (Å²) in [6.45, 7) is 4.11. The molecule has 1 aromatic carbocycles. The van der Waals surface area contributed by atoms with E-state index in [0.717, 1.165) is 42.2 Å². The van der Waals surface area contributed by atoms with Gasteiger partial charge in [0, 0.05) is 0 Å². The van der Waals surface area contributed by atoms with Crippen LogP contribution in [0.15, 0.2) is 34.9 Å². The lowest BCUT2D eigenvalue weighted by atomic mass is 9.58. The molecule has 2 aliphatic heterocycles. The van der Waals surface area contributed by atoms with E-state index >= 15 is 0 Å². The van der Waals surface area contributed by atoms with E-state index in [1.54, 1.807) is 12.1 Å². The molecule has 37 heavy (non-hydrogen) atoms. The van der Waals surface area contributed by atoms with Crippen LogP contribution in [0.4, 0.5) is 4.79 Å². The van der Waals surface area contributed by atoms with Crippen molar-refractivity contribution >= 4 is 42.7 Å². The van der Waals surface area contributed by atoms with Gasteiger partial charge in [0.2, 0.25) is 11.8 Å². The number of allylic oxidation sites excluding steroid dienone is 2. The van der Waals surface area contributed by atoms with Crippen molar-refractivity contribution in [1.29, 1.82) is 0 Å². The molecule has 10 heteroatoms. The third-order valence-electron chi connectivity index (χ3n) is 7.73. The molecule has 2 heterocycles. The van der Waals surface area contributed by atoms with Crippen LogP contribution < -0.4 is 0 Å². The second kappa shape index (κ2) is 11.4. The van der Waals surface area contributed by atoms with E-state index in [2.05, 4.69) is 6.92 Å². The van der Waals surface area contributed by atoms with Crippen LogP contribution in [0.1, 0.15) is 57.9 Å². The van der Waals surface area contributed by atoms with Crippen LogP contribution in [0.3, 0.4) is 0 Å². The molecule has 3 amide bonds. The summed E-state index contributed by atoms with van der Waals surface area (Å²) < 4.78 is 10.7. The van der Waals surface area contributed by atoms with Gasteiger partial charge in [-0.3, -0.25) is 9.59 Å². The van der Waals surface area contributed by atoms with Crippen molar-refractivity contribution in [3.05, 3.63) is 45.5 Å². The van der Waals surface area contributed by atoms with Crippen molar-refractivity contribution < 1.29 is 33.9 Å². The average molecular weight is 530 g/mol. The van der Waals surface area contributed by atoms with Crippen LogP contribution in [0, 0.1) is 17.8 Å². The number of ether oxygens (including phenoxy) is 1. The molecule has 8 nitrogen and oxygen atoms in total. The highest BCUT2D eigenvalue weighted by atomic mass is 35.5. The van der Waals surface area contributed by atoms with Crippen LogP contribution in [0.5, 0.6) is 5.75 Å². The van der Waals surface area contributed by atoms with Crippen molar-refractivity contribution in [2.24, 2.45) is 17.8 Å². The zero-order chi connectivity index (χ0) is 26.9. The Hall–Kier alpha value is -2.62. The minimum absolute atomic E-state index is 0.107. The summed E-state index contributed by atoms with van der Waals surface area (Å²) in [6.07, 6.45) is 5.00. The first-order valence-electron chi connectivity index (χ1n) is 12.9. The molecule has 0 saturated carbocycles. The van der Waals surface area contributed by atoms with E-state index in [-0.39, 0.29) is 18.0 Å². The van der Waals surface area contributed by atoms with Crippen molar-refractivity contribution in [2.75, 3.05) is 7.11 Å². The number of phenolic OH excluding ortho intramolecular Hbond substituents is 1. The molecule has 0 radical (unpaired) electrons. The van der Waals surface area contributed by atoms with Gasteiger partial charge in [0.05, 0.1) is 30.1 Å². The van der Waals surface area contributed by atoms with Crippen LogP contribution in [0.2, 0.25) is 11.3 Å². The number of amides is 3. The zero-order valence-corrected chi connectivity index (χ0v) is 22.2. The Bertz CT molecular complexity index is 1150. The zero-order valence-electron chi connectivity index (χ0n) is 21.4. The summed E-state index contributed by atoms with van der Waals surface area (Å²) in [4.78, 5) is 39.1. The number of fused-ring (bicyclic) bond motifs is 3. The average Bonchev–Trinajstić information content (AvgIpc) is 3.12. The number of nitrogens with zero attached hydrogens (tertiary/aromatic N) is 1. The molecule has 2 saturated heterocycles. The lowest BCUT2D eigenvalue weighted by molar-refractivity contribution is -0.137. The molecule has 0 unspecified atom stereocenters. The van der Waals surface area contributed by atoms with Gasteiger partial charge in [0.15, 0.2) is 0 Å². The minimum atomic E-state index is -1.07. The van der Waals surface area contributed by atoms with E-state index in [1.807, 2.05) is 13.0 Å². The van der Waals surface area contributed by atoms with Gasteiger partial charge in [-0.1, -0.05) is 49.1 Å². The van der Waals surface area contributed by atoms with Gasteiger partial charge in [0.25, 0.3) is 0 Å². The second-order valence-electron chi connectivity index (χ2n) is 9.95. The van der Waals surface area contributed by atoms with Gasteiger partial charge in [-0.2, -0.15) is 4.90 Å². The number of rotatable bonds is 7. The quantitative estimate of drug-likeness (QED) is 0.291. The number of benzene rings is 1. The number of hydrogen-bond acceptors (Lipinski definition) is 7. The molecule has 198 valence electrons. The van der Waals surface area contributed by atoms with Crippen LogP contribution >= 0.6 is 11.6 Å². The predicted molar refractivity (Wildman–Crippen MR) is 140 cm³/mol. The lowest BCUT2D eigenvalue weighted by Crippen LogP contribution is -2.46. The van der Waals surface area contributed by atoms with E-state index in [4.69, 9.17) is 21.0 Å². The molecule has 1 aromatic rings. The Balaban J connectivity index is 1.62. The highest BCUT2D eigenvalue weighted by Crippen LogP contribution is 2.51. The fourth-order valence-corrected chi connectivity index (χ4v) is 6.36. The van der Waals surface area contributed by atoms with E-state index < -0.39 is 43.0 Å². The molecule has 1 aliphatic carbocycles. The maximum atomic E-state index is 13.2. The highest BCUT2D eigenvalue weighted by Gasteiger charge is 2.58. The van der Waals surface area contributed by atoms with Crippen molar-refractivity contribution in [2.45, 2.75) is 64.8 Å². The number of methoxy groups -OCH3 is 1. The molecule has 4 atom stereocenters. The van der Waals surface area contributed by atoms with E-state index in [1.165, 1.54) is 6.07 Å². The Morgan fingerprint density at radius 1 is 1.24 bits per heavy atom. The highest BCUT2D eigenvalue weighted by molar-refractivity contribution is 6.43. The molecule has 4 rings (SSSR count). The largest absolute Gasteiger partial charge is 0.508 e. The summed E-state index contributed by atoms with van der Waals surface area (Å²) in [5, 5.41) is 20.8. The van der Waals surface area contributed by atoms with Crippen molar-refractivity contribution in [1.82, 2.24) is 4.90 Å². The smallest absolute Gasteiger partial charge is 0.455 e. The fraction of sp³-hybridized carbons (Fsp3) is 0.519. The first-order valence-corrected chi connectivity index (χ1v) is 13.3. The topological polar surface area (TPSA) is 113 Å². The number of phenols is 1. The second-order valence-corrected chi connectivity index (χ2v) is 10.4. The molecule has 0 bridgehead atoms. The van der Waals surface area contributed by atoms with Crippen LogP contribution in [0.25, 0.3) is 6.08 Å². The SMILES string of the molecule is CCC/C(=C\c1ccc(O)cc1Cl)CC[C@H]1OB(O)C[C@H]2C1=C(CC)C[C@H]1C(=O)N(C(=O)OC)C(=O)[C@H]12. The number of likely N-dealkylation sites (tertiary alicyclic amines) is 1. The predicted octanol–water partition coefficient (Wildman–Crippen LogP) is 4.98. The Morgan fingerprint density at radius 3 is 2.65 bits per heavy atom. The van der Waals surface area contributed by atoms with Gasteiger partial charge in [-0.25, -0.2) is 4.79 Å². The van der Waals surface area contributed by atoms with Gasteiger partial charge in [0.1, 0.15) is 5.75 Å². The van der Waals surface area contributed by atoms with Gasteiger partial charge in [-0.05, 0) is 73.7 Å². The van der Waals surface area contributed by atoms with Gasteiger partial charge >= 0.3 is 13.2 Å². The normalized spacial score (nSPS) is 25.9. The van der Waals surface area contributed by atoms with Gasteiger partial charge < -0.3 is 19.5 Å². The molecule has 0 spiro atoms. The Morgan fingerprint density at radius 2 is 2.00 bits per heavy atom. The number of halogens is 1. The summed E-state index contributed by atoms with van der Waals surface area (Å²) in [5.41, 5.74) is 4.02.